The predicted octanol–water partition coefficient (Wildman–Crippen LogP) is 21.1. The molecule has 0 radical (unpaired) electrons. The second-order valence-electron chi connectivity index (χ2n) is 23.2. The second kappa shape index (κ2) is 55.2. The predicted molar refractivity (Wildman–Crippen MR) is 303 cm³/mol. The van der Waals surface area contributed by atoms with Crippen molar-refractivity contribution < 1.29 is 28.6 Å². The van der Waals surface area contributed by atoms with E-state index in [1.807, 2.05) is 0 Å². The summed E-state index contributed by atoms with van der Waals surface area (Å²) in [4.78, 5) is 38.2. The van der Waals surface area contributed by atoms with Crippen LogP contribution in [0, 0.1) is 17.8 Å². The molecule has 70 heavy (non-hydrogen) atoms. The van der Waals surface area contributed by atoms with Crippen molar-refractivity contribution in [2.45, 2.75) is 362 Å². The van der Waals surface area contributed by atoms with Crippen LogP contribution in [-0.2, 0) is 28.6 Å². The lowest BCUT2D eigenvalue weighted by Crippen LogP contribution is -2.30. The molecule has 6 nitrogen and oxygen atoms in total. The Balaban J connectivity index is 4.16. The van der Waals surface area contributed by atoms with E-state index in [1.165, 1.54) is 238 Å². The van der Waals surface area contributed by atoms with Crippen LogP contribution in [0.4, 0.5) is 0 Å². The zero-order chi connectivity index (χ0) is 51.2. The van der Waals surface area contributed by atoms with Crippen LogP contribution < -0.4 is 0 Å². The molecule has 416 valence electrons. The van der Waals surface area contributed by atoms with Crippen LogP contribution in [0.25, 0.3) is 0 Å². The normalized spacial score (nSPS) is 12.5. The number of carbonyl (C=O) groups excluding carboxylic acids is 3. The number of esters is 3. The van der Waals surface area contributed by atoms with Gasteiger partial charge in [-0.25, -0.2) is 0 Å². The minimum absolute atomic E-state index is 0.0637. The minimum atomic E-state index is -0.764. The van der Waals surface area contributed by atoms with Crippen LogP contribution in [0.1, 0.15) is 356 Å². The van der Waals surface area contributed by atoms with Crippen molar-refractivity contribution in [3.63, 3.8) is 0 Å². The van der Waals surface area contributed by atoms with E-state index in [4.69, 9.17) is 14.2 Å². The smallest absolute Gasteiger partial charge is 0.306 e. The van der Waals surface area contributed by atoms with E-state index in [0.29, 0.717) is 19.3 Å². The number of carbonyl (C=O) groups is 3. The molecule has 0 bridgehead atoms. The molecule has 0 heterocycles. The maximum atomic E-state index is 12.9. The Kier molecular flexibility index (Phi) is 53.9. The first-order valence-electron chi connectivity index (χ1n) is 31.6. The third kappa shape index (κ3) is 55.7. The monoisotopic (exact) mass is 989 g/mol. The molecule has 0 spiro atoms. The lowest BCUT2D eigenvalue weighted by Gasteiger charge is -2.18. The fourth-order valence-electron chi connectivity index (χ4n) is 9.85. The van der Waals surface area contributed by atoms with Crippen molar-refractivity contribution in [2.75, 3.05) is 13.2 Å². The Morgan fingerprint density at radius 2 is 0.500 bits per heavy atom. The Morgan fingerprint density at radius 3 is 0.743 bits per heavy atom. The highest BCUT2D eigenvalue weighted by Crippen LogP contribution is 2.19. The minimum Gasteiger partial charge on any atom is -0.462 e. The third-order valence-electron chi connectivity index (χ3n) is 15.0. The molecule has 0 N–H and O–H groups in total. The fourth-order valence-corrected chi connectivity index (χ4v) is 9.85. The quantitative estimate of drug-likeness (QED) is 0.0343. The van der Waals surface area contributed by atoms with Gasteiger partial charge in [-0.15, -0.1) is 0 Å². The van der Waals surface area contributed by atoms with Gasteiger partial charge in [0.15, 0.2) is 6.10 Å². The Morgan fingerprint density at radius 1 is 0.286 bits per heavy atom. The molecule has 0 amide bonds. The molecule has 0 aromatic heterocycles. The number of unbranched alkanes of at least 4 members (excludes halogenated alkanes) is 39. The highest BCUT2D eigenvalue weighted by molar-refractivity contribution is 5.71. The van der Waals surface area contributed by atoms with Crippen LogP contribution in [-0.4, -0.2) is 37.2 Å². The van der Waals surface area contributed by atoms with Gasteiger partial charge in [-0.1, -0.05) is 318 Å². The summed E-state index contributed by atoms with van der Waals surface area (Å²) in [6.45, 7) is 13.8. The Labute approximate surface area is 438 Å². The van der Waals surface area contributed by atoms with Crippen LogP contribution in [0.15, 0.2) is 0 Å². The van der Waals surface area contributed by atoms with Gasteiger partial charge >= 0.3 is 17.9 Å². The molecule has 1 unspecified atom stereocenters. The summed E-state index contributed by atoms with van der Waals surface area (Å²) in [6, 6.07) is 0. The zero-order valence-corrected chi connectivity index (χ0v) is 48.3. The Bertz CT molecular complexity index is 1090. The molecule has 0 rings (SSSR count). The number of hydrogen-bond donors (Lipinski definition) is 0. The number of rotatable bonds is 57. The van der Waals surface area contributed by atoms with E-state index < -0.39 is 6.10 Å². The van der Waals surface area contributed by atoms with Gasteiger partial charge in [-0.3, -0.25) is 14.4 Å². The Hall–Kier alpha value is -1.59. The first-order chi connectivity index (χ1) is 34.1. The van der Waals surface area contributed by atoms with E-state index >= 15 is 0 Å². The van der Waals surface area contributed by atoms with Gasteiger partial charge < -0.3 is 14.2 Å². The van der Waals surface area contributed by atoms with Crippen LogP contribution in [0.5, 0.6) is 0 Å². The van der Waals surface area contributed by atoms with Gasteiger partial charge in [0, 0.05) is 19.3 Å². The van der Waals surface area contributed by atoms with E-state index in [9.17, 15) is 14.4 Å². The van der Waals surface area contributed by atoms with Gasteiger partial charge in [-0.2, -0.15) is 0 Å². The first-order valence-corrected chi connectivity index (χ1v) is 31.6. The van der Waals surface area contributed by atoms with Crippen molar-refractivity contribution in [2.24, 2.45) is 17.8 Å². The summed E-state index contributed by atoms with van der Waals surface area (Å²) >= 11 is 0. The number of ether oxygens (including phenoxy) is 3. The van der Waals surface area contributed by atoms with Gasteiger partial charge in [-0.05, 0) is 37.0 Å². The highest BCUT2D eigenvalue weighted by atomic mass is 16.6. The molecule has 0 aliphatic heterocycles. The molecule has 2 atom stereocenters. The van der Waals surface area contributed by atoms with Gasteiger partial charge in [0.05, 0.1) is 0 Å². The molecule has 0 aliphatic carbocycles. The summed E-state index contributed by atoms with van der Waals surface area (Å²) in [5.74, 6) is 1.69. The first kappa shape index (κ1) is 68.4. The zero-order valence-electron chi connectivity index (χ0n) is 48.3. The van der Waals surface area contributed by atoms with Gasteiger partial charge in [0.1, 0.15) is 13.2 Å². The standard InChI is InChI=1S/C64H124O6/c1-7-60(6)52-46-40-33-29-25-21-17-13-9-11-14-18-22-26-30-34-41-47-53-62(65)68-56-61(57-69-63(66)54-48-42-37-36-39-45-51-59(4)5)70-64(67)55-49-43-35-31-27-23-19-15-10-8-12-16-20-24-28-32-38-44-50-58(2)3/h58-61H,7-57H2,1-6H3/t60?,61-/m1/s1. The third-order valence-corrected chi connectivity index (χ3v) is 15.0. The maximum Gasteiger partial charge on any atom is 0.306 e. The summed E-state index contributed by atoms with van der Waals surface area (Å²) < 4.78 is 16.9. The molecule has 0 saturated heterocycles. The average molecular weight is 990 g/mol. The average Bonchev–Trinajstić information content (AvgIpc) is 3.33. The maximum absolute atomic E-state index is 12.9. The summed E-state index contributed by atoms with van der Waals surface area (Å²) in [6.07, 6.45) is 59.8. The van der Waals surface area contributed by atoms with Crippen molar-refractivity contribution in [1.82, 2.24) is 0 Å². The SMILES string of the molecule is CCC(C)CCCCCCCCCCCCCCCCCCCCC(=O)OC[C@H](COC(=O)CCCCCCCCC(C)C)OC(=O)CCCCCCCCCCCCCCCCCCCCC(C)C. The van der Waals surface area contributed by atoms with Crippen LogP contribution >= 0.6 is 0 Å². The van der Waals surface area contributed by atoms with E-state index in [2.05, 4.69) is 41.5 Å². The van der Waals surface area contributed by atoms with Crippen molar-refractivity contribution >= 4 is 17.9 Å². The van der Waals surface area contributed by atoms with Gasteiger partial charge in [0.25, 0.3) is 0 Å². The summed E-state index contributed by atoms with van der Waals surface area (Å²) in [7, 11) is 0. The molecule has 0 aromatic rings. The van der Waals surface area contributed by atoms with E-state index in [0.717, 1.165) is 75.5 Å². The van der Waals surface area contributed by atoms with E-state index in [1.54, 1.807) is 0 Å². The lowest BCUT2D eigenvalue weighted by atomic mass is 9.99. The molecule has 0 aromatic carbocycles. The topological polar surface area (TPSA) is 78.9 Å². The van der Waals surface area contributed by atoms with Gasteiger partial charge in [0.2, 0.25) is 0 Å². The van der Waals surface area contributed by atoms with Crippen LogP contribution in [0.2, 0.25) is 0 Å². The molecular weight excluding hydrogens is 865 g/mol. The highest BCUT2D eigenvalue weighted by Gasteiger charge is 2.19. The van der Waals surface area contributed by atoms with Crippen molar-refractivity contribution in [1.29, 1.82) is 0 Å². The summed E-state index contributed by atoms with van der Waals surface area (Å²) in [5.41, 5.74) is 0. The molecule has 0 fully saturated rings. The second-order valence-corrected chi connectivity index (χ2v) is 23.2. The molecule has 6 heteroatoms. The lowest BCUT2D eigenvalue weighted by molar-refractivity contribution is -0.167. The largest absolute Gasteiger partial charge is 0.462 e. The molecule has 0 aliphatic rings. The van der Waals surface area contributed by atoms with Crippen molar-refractivity contribution in [3.05, 3.63) is 0 Å². The summed E-state index contributed by atoms with van der Waals surface area (Å²) in [5, 5.41) is 0. The van der Waals surface area contributed by atoms with Crippen molar-refractivity contribution in [3.8, 4) is 0 Å². The number of hydrogen-bond acceptors (Lipinski definition) is 6. The molecular formula is C64H124O6. The fraction of sp³-hybridized carbons (Fsp3) is 0.953. The van der Waals surface area contributed by atoms with E-state index in [-0.39, 0.29) is 31.1 Å². The van der Waals surface area contributed by atoms with Crippen LogP contribution in [0.3, 0.4) is 0 Å². The molecule has 0 saturated carbocycles.